The van der Waals surface area contributed by atoms with Gasteiger partial charge in [-0.3, -0.25) is 14.3 Å². The second-order valence-electron chi connectivity index (χ2n) is 7.33. The minimum atomic E-state index is -1.08. The molecule has 0 aliphatic carbocycles. The minimum Gasteiger partial charge on any atom is -0.466 e. The zero-order valence-corrected chi connectivity index (χ0v) is 16.7. The third kappa shape index (κ3) is 4.46. The van der Waals surface area contributed by atoms with Gasteiger partial charge < -0.3 is 9.64 Å². The Labute approximate surface area is 168 Å². The fraction of sp³-hybridized carbons (Fsp3) is 0.476. The van der Waals surface area contributed by atoms with Crippen LogP contribution in [0.2, 0.25) is 0 Å². The number of carbonyl (C=O) groups is 2. The highest BCUT2D eigenvalue weighted by atomic mass is 19.1. The Morgan fingerprint density at radius 1 is 1.28 bits per heavy atom. The van der Waals surface area contributed by atoms with E-state index < -0.39 is 23.0 Å². The van der Waals surface area contributed by atoms with Crippen molar-refractivity contribution in [2.24, 2.45) is 5.41 Å². The Kier molecular flexibility index (Phi) is 6.30. The maximum Gasteiger partial charge on any atom is 0.314 e. The van der Waals surface area contributed by atoms with Crippen LogP contribution in [-0.2, 0) is 22.5 Å². The van der Waals surface area contributed by atoms with Crippen molar-refractivity contribution in [2.75, 3.05) is 19.7 Å². The van der Waals surface area contributed by atoms with E-state index >= 15 is 0 Å². The fourth-order valence-electron chi connectivity index (χ4n) is 3.83. The summed E-state index contributed by atoms with van der Waals surface area (Å²) in [4.78, 5) is 27.4. The molecular weight excluding hydrogens is 380 g/mol. The number of benzene rings is 1. The first-order valence-corrected chi connectivity index (χ1v) is 9.81. The molecule has 0 bridgehead atoms. The van der Waals surface area contributed by atoms with E-state index in [-0.39, 0.29) is 31.0 Å². The molecule has 29 heavy (non-hydrogen) atoms. The van der Waals surface area contributed by atoms with E-state index in [0.29, 0.717) is 31.5 Å². The molecule has 0 spiro atoms. The van der Waals surface area contributed by atoms with Crippen molar-refractivity contribution in [2.45, 2.75) is 39.7 Å². The van der Waals surface area contributed by atoms with Gasteiger partial charge in [-0.2, -0.15) is 5.10 Å². The van der Waals surface area contributed by atoms with E-state index in [1.54, 1.807) is 22.7 Å². The average Bonchev–Trinajstić information content (AvgIpc) is 3.19. The van der Waals surface area contributed by atoms with Gasteiger partial charge in [0.15, 0.2) is 0 Å². The second-order valence-corrected chi connectivity index (χ2v) is 7.33. The second kappa shape index (κ2) is 8.71. The van der Waals surface area contributed by atoms with Gasteiger partial charge in [0.05, 0.1) is 23.8 Å². The predicted molar refractivity (Wildman–Crippen MR) is 102 cm³/mol. The van der Waals surface area contributed by atoms with Crippen molar-refractivity contribution in [3.63, 3.8) is 0 Å². The number of esters is 1. The Morgan fingerprint density at radius 3 is 2.72 bits per heavy atom. The molecule has 2 heterocycles. The predicted octanol–water partition coefficient (Wildman–Crippen LogP) is 3.21. The number of aromatic nitrogens is 2. The Hall–Kier alpha value is -2.77. The number of halogens is 2. The Morgan fingerprint density at radius 2 is 2.07 bits per heavy atom. The largest absolute Gasteiger partial charge is 0.466 e. The molecule has 0 saturated carbocycles. The minimum absolute atomic E-state index is 0.0376. The summed E-state index contributed by atoms with van der Waals surface area (Å²) in [6, 6.07) is 3.32. The summed E-state index contributed by atoms with van der Waals surface area (Å²) >= 11 is 0. The van der Waals surface area contributed by atoms with Crippen molar-refractivity contribution in [1.29, 1.82) is 0 Å². The van der Waals surface area contributed by atoms with E-state index in [9.17, 15) is 18.4 Å². The van der Waals surface area contributed by atoms with E-state index in [0.717, 1.165) is 6.07 Å². The number of piperidine rings is 1. The highest BCUT2D eigenvalue weighted by Gasteiger charge is 2.45. The summed E-state index contributed by atoms with van der Waals surface area (Å²) in [5, 5.41) is 4.13. The molecule has 1 fully saturated rings. The molecule has 1 aromatic carbocycles. The van der Waals surface area contributed by atoms with Gasteiger partial charge in [-0.1, -0.05) is 6.07 Å². The molecule has 1 atom stereocenters. The molecule has 1 aliphatic rings. The van der Waals surface area contributed by atoms with Crippen LogP contribution in [0.3, 0.4) is 0 Å². The summed E-state index contributed by atoms with van der Waals surface area (Å²) in [6.45, 7) is 5.05. The molecule has 1 aromatic heterocycles. The van der Waals surface area contributed by atoms with Crippen LogP contribution >= 0.6 is 0 Å². The maximum absolute atomic E-state index is 14.3. The first-order chi connectivity index (χ1) is 13.9. The van der Waals surface area contributed by atoms with E-state index in [4.69, 9.17) is 4.74 Å². The van der Waals surface area contributed by atoms with Gasteiger partial charge in [0, 0.05) is 31.9 Å². The van der Waals surface area contributed by atoms with Gasteiger partial charge in [-0.05, 0) is 44.7 Å². The molecule has 8 heteroatoms. The molecule has 1 saturated heterocycles. The molecule has 0 unspecified atom stereocenters. The normalized spacial score (nSPS) is 19.2. The Bertz CT molecular complexity index is 899. The standard InChI is InChI=1S/C21H25F2N3O3/c1-3-26-13-16(12-24-26)19(27)25-9-5-8-21(14-25,20(28)29-4-2)11-15-6-7-17(22)10-18(15)23/h6-7,10,12-13H,3-5,8-9,11,14H2,1-2H3/t21-/m0/s1. The molecule has 0 radical (unpaired) electrons. The SMILES string of the molecule is CCOC(=O)[C@]1(Cc2ccc(F)cc2F)CCCN(C(=O)c2cnn(CC)c2)C1. The number of likely N-dealkylation sites (tertiary alicyclic amines) is 1. The Balaban J connectivity index is 1.88. The average molecular weight is 405 g/mol. The number of nitrogens with zero attached hydrogens (tertiary/aromatic N) is 3. The van der Waals surface area contributed by atoms with Crippen molar-refractivity contribution < 1.29 is 23.1 Å². The summed E-state index contributed by atoms with van der Waals surface area (Å²) in [5.74, 6) is -2.07. The number of carbonyl (C=O) groups excluding carboxylic acids is 2. The third-order valence-corrected chi connectivity index (χ3v) is 5.32. The van der Waals surface area contributed by atoms with Crippen LogP contribution in [0, 0.1) is 17.0 Å². The van der Waals surface area contributed by atoms with Crippen molar-refractivity contribution in [1.82, 2.24) is 14.7 Å². The van der Waals surface area contributed by atoms with Gasteiger partial charge in [-0.25, -0.2) is 8.78 Å². The molecule has 2 aromatic rings. The zero-order valence-electron chi connectivity index (χ0n) is 16.7. The fourth-order valence-corrected chi connectivity index (χ4v) is 3.83. The highest BCUT2D eigenvalue weighted by molar-refractivity contribution is 5.94. The number of hydrogen-bond acceptors (Lipinski definition) is 4. The lowest BCUT2D eigenvalue weighted by molar-refractivity contribution is -0.158. The lowest BCUT2D eigenvalue weighted by atomic mass is 9.74. The molecule has 3 rings (SSSR count). The van der Waals surface area contributed by atoms with Gasteiger partial charge in [0.25, 0.3) is 5.91 Å². The van der Waals surface area contributed by atoms with Crippen molar-refractivity contribution >= 4 is 11.9 Å². The van der Waals surface area contributed by atoms with Crippen LogP contribution in [0.25, 0.3) is 0 Å². The first kappa shape index (κ1) is 21.0. The van der Waals surface area contributed by atoms with Gasteiger partial charge in [0.2, 0.25) is 0 Å². The molecule has 1 aliphatic heterocycles. The lowest BCUT2D eigenvalue weighted by Crippen LogP contribution is -2.51. The van der Waals surface area contributed by atoms with Crippen molar-refractivity contribution in [3.05, 3.63) is 53.4 Å². The number of hydrogen-bond donors (Lipinski definition) is 0. The van der Waals surface area contributed by atoms with Gasteiger partial charge >= 0.3 is 5.97 Å². The summed E-state index contributed by atoms with van der Waals surface area (Å²) in [5.41, 5.74) is -0.407. The van der Waals surface area contributed by atoms with E-state index in [1.807, 2.05) is 6.92 Å². The van der Waals surface area contributed by atoms with Crippen LogP contribution < -0.4 is 0 Å². The third-order valence-electron chi connectivity index (χ3n) is 5.32. The van der Waals surface area contributed by atoms with Crippen LogP contribution in [0.1, 0.15) is 42.6 Å². The number of ether oxygens (including phenoxy) is 1. The topological polar surface area (TPSA) is 64.4 Å². The van der Waals surface area contributed by atoms with Gasteiger partial charge in [-0.15, -0.1) is 0 Å². The lowest BCUT2D eigenvalue weighted by Gasteiger charge is -2.41. The number of rotatable bonds is 6. The smallest absolute Gasteiger partial charge is 0.314 e. The van der Waals surface area contributed by atoms with Crippen LogP contribution in [0.15, 0.2) is 30.6 Å². The van der Waals surface area contributed by atoms with Gasteiger partial charge in [0.1, 0.15) is 11.6 Å². The quantitative estimate of drug-likeness (QED) is 0.693. The molecule has 156 valence electrons. The summed E-state index contributed by atoms with van der Waals surface area (Å²) in [6.07, 6.45) is 4.25. The molecule has 6 nitrogen and oxygen atoms in total. The number of aryl methyl sites for hydroxylation is 1. The summed E-state index contributed by atoms with van der Waals surface area (Å²) < 4.78 is 34.5. The molecular formula is C21H25F2N3O3. The monoisotopic (exact) mass is 405 g/mol. The van der Waals surface area contributed by atoms with Crippen LogP contribution in [0.5, 0.6) is 0 Å². The first-order valence-electron chi connectivity index (χ1n) is 9.81. The molecule has 0 N–H and O–H groups in total. The van der Waals surface area contributed by atoms with Crippen molar-refractivity contribution in [3.8, 4) is 0 Å². The van der Waals surface area contributed by atoms with Crippen LogP contribution in [0.4, 0.5) is 8.78 Å². The van der Waals surface area contributed by atoms with Crippen LogP contribution in [-0.4, -0.2) is 46.3 Å². The summed E-state index contributed by atoms with van der Waals surface area (Å²) in [7, 11) is 0. The van der Waals surface area contributed by atoms with E-state index in [1.165, 1.54) is 18.3 Å². The number of amides is 1. The zero-order chi connectivity index (χ0) is 21.0. The maximum atomic E-state index is 14.3. The highest BCUT2D eigenvalue weighted by Crippen LogP contribution is 2.36. The van der Waals surface area contributed by atoms with E-state index in [2.05, 4.69) is 5.10 Å². The molecule has 1 amide bonds.